The van der Waals surface area contributed by atoms with Gasteiger partial charge in [-0.3, -0.25) is 14.6 Å². The number of hydrogen-bond donors (Lipinski definition) is 3. The molecule has 174 valence electrons. The summed E-state index contributed by atoms with van der Waals surface area (Å²) in [5.74, 6) is -0.626. The van der Waals surface area contributed by atoms with Crippen LogP contribution in [0.1, 0.15) is 28.9 Å². The number of thiol groups is 1. The van der Waals surface area contributed by atoms with Crippen molar-refractivity contribution in [1.29, 1.82) is 0 Å². The van der Waals surface area contributed by atoms with E-state index in [0.29, 0.717) is 6.54 Å². The molecular weight excluding hydrogens is 444 g/mol. The van der Waals surface area contributed by atoms with Crippen LogP contribution in [0.5, 0.6) is 0 Å². The highest BCUT2D eigenvalue weighted by Crippen LogP contribution is 2.26. The number of nitrogens with one attached hydrogen (secondary N) is 2. The van der Waals surface area contributed by atoms with Crippen LogP contribution >= 0.6 is 12.6 Å². The van der Waals surface area contributed by atoms with Gasteiger partial charge in [0.15, 0.2) is 0 Å². The number of anilines is 1. The lowest BCUT2D eigenvalue weighted by Gasteiger charge is -2.24. The summed E-state index contributed by atoms with van der Waals surface area (Å²) in [7, 11) is 1.98. The Morgan fingerprint density at radius 2 is 1.56 bits per heavy atom. The number of para-hydroxylation sites is 1. The fourth-order valence-corrected chi connectivity index (χ4v) is 4.22. The summed E-state index contributed by atoms with van der Waals surface area (Å²) in [6.07, 6.45) is -0.486. The van der Waals surface area contributed by atoms with Crippen molar-refractivity contribution in [3.63, 3.8) is 0 Å². The summed E-state index contributed by atoms with van der Waals surface area (Å²) in [5, 5.41) is 5.11. The maximum Gasteiger partial charge on any atom is 0.243 e. The molecule has 1 aliphatic heterocycles. The Morgan fingerprint density at radius 3 is 2.26 bits per heavy atom. The predicted octanol–water partition coefficient (Wildman–Crippen LogP) is 3.59. The molecule has 0 saturated heterocycles. The number of rotatable bonds is 6. The van der Waals surface area contributed by atoms with Crippen molar-refractivity contribution in [3.05, 3.63) is 102 Å². The van der Waals surface area contributed by atoms with Gasteiger partial charge in [0.2, 0.25) is 11.8 Å². The van der Waals surface area contributed by atoms with Gasteiger partial charge in [0.05, 0.1) is 12.3 Å². The zero-order valence-corrected chi connectivity index (χ0v) is 20.1. The third-order valence-electron chi connectivity index (χ3n) is 5.77. The van der Waals surface area contributed by atoms with Gasteiger partial charge in [0, 0.05) is 23.9 Å². The molecule has 0 aliphatic carbocycles. The van der Waals surface area contributed by atoms with Crippen LogP contribution in [-0.4, -0.2) is 43.3 Å². The van der Waals surface area contributed by atoms with E-state index in [9.17, 15) is 9.59 Å². The molecule has 3 atom stereocenters. The van der Waals surface area contributed by atoms with Gasteiger partial charge in [-0.25, -0.2) is 0 Å². The number of nitrogens with zero attached hydrogens (tertiary/aromatic N) is 2. The lowest BCUT2D eigenvalue weighted by atomic mass is 10.0. The standard InChI is InChI=1S/C27H28N4O2S/c1-18(28-27(33)25(34)20-13-7-4-8-14-20)26(32)30-23-17-31(2)22-16-10-9-15-21(22)24(29-23)19-11-5-3-6-12-19/h3-16,18,23,25,34H,17H2,1-2H3,(H,28,33)(H,30,32)/t18?,23-,25?/m1/s1. The van der Waals surface area contributed by atoms with Gasteiger partial charge >= 0.3 is 0 Å². The van der Waals surface area contributed by atoms with Crippen molar-refractivity contribution >= 4 is 35.8 Å². The molecule has 34 heavy (non-hydrogen) atoms. The summed E-state index contributed by atoms with van der Waals surface area (Å²) in [4.78, 5) is 32.7. The van der Waals surface area contributed by atoms with E-state index in [1.165, 1.54) is 0 Å². The van der Waals surface area contributed by atoms with Gasteiger partial charge in [-0.1, -0.05) is 78.9 Å². The molecule has 0 saturated carbocycles. The first-order valence-corrected chi connectivity index (χ1v) is 11.7. The summed E-state index contributed by atoms with van der Waals surface area (Å²) in [6.45, 7) is 2.16. The van der Waals surface area contributed by atoms with Gasteiger partial charge in [-0.05, 0) is 18.6 Å². The molecule has 2 N–H and O–H groups in total. The van der Waals surface area contributed by atoms with Crippen molar-refractivity contribution in [2.24, 2.45) is 4.99 Å². The fourth-order valence-electron chi connectivity index (χ4n) is 3.97. The summed E-state index contributed by atoms with van der Waals surface area (Å²) >= 11 is 4.42. The maximum absolute atomic E-state index is 13.0. The minimum Gasteiger partial charge on any atom is -0.370 e. The monoisotopic (exact) mass is 472 g/mol. The Morgan fingerprint density at radius 1 is 0.941 bits per heavy atom. The normalized spacial score (nSPS) is 17.0. The van der Waals surface area contributed by atoms with Crippen molar-refractivity contribution < 1.29 is 9.59 Å². The van der Waals surface area contributed by atoms with Crippen LogP contribution in [0, 0.1) is 0 Å². The molecule has 2 amide bonds. The molecule has 2 unspecified atom stereocenters. The number of amides is 2. The molecule has 3 aromatic rings. The van der Waals surface area contributed by atoms with E-state index in [2.05, 4.69) is 34.2 Å². The van der Waals surface area contributed by atoms with Crippen molar-refractivity contribution in [1.82, 2.24) is 10.6 Å². The van der Waals surface area contributed by atoms with Crippen LogP contribution in [-0.2, 0) is 9.59 Å². The molecule has 1 heterocycles. The molecule has 4 rings (SSSR count). The van der Waals surface area contributed by atoms with Crippen LogP contribution in [0.2, 0.25) is 0 Å². The molecule has 0 aromatic heterocycles. The first kappa shape index (κ1) is 23.6. The van der Waals surface area contributed by atoms with E-state index >= 15 is 0 Å². The molecule has 6 nitrogen and oxygen atoms in total. The first-order chi connectivity index (χ1) is 16.4. The zero-order chi connectivity index (χ0) is 24.1. The Balaban J connectivity index is 1.51. The third kappa shape index (κ3) is 5.31. The minimum absolute atomic E-state index is 0.303. The van der Waals surface area contributed by atoms with Gasteiger partial charge in [-0.2, -0.15) is 12.6 Å². The number of benzodiazepines with no additional fused rings is 1. The first-order valence-electron chi connectivity index (χ1n) is 11.2. The molecule has 3 aromatic carbocycles. The Labute approximate surface area is 205 Å². The van der Waals surface area contributed by atoms with E-state index in [4.69, 9.17) is 4.99 Å². The summed E-state index contributed by atoms with van der Waals surface area (Å²) in [6, 6.07) is 26.5. The lowest BCUT2D eigenvalue weighted by molar-refractivity contribution is -0.128. The number of benzene rings is 3. The Hall–Kier alpha value is -3.58. The maximum atomic E-state index is 13.0. The molecule has 0 fully saturated rings. The van der Waals surface area contributed by atoms with Gasteiger partial charge < -0.3 is 15.5 Å². The Bertz CT molecular complexity index is 1180. The second kappa shape index (κ2) is 10.6. The van der Waals surface area contributed by atoms with E-state index < -0.39 is 17.5 Å². The average molecular weight is 473 g/mol. The van der Waals surface area contributed by atoms with Gasteiger partial charge in [-0.15, -0.1) is 0 Å². The van der Waals surface area contributed by atoms with E-state index in [-0.39, 0.29) is 11.8 Å². The average Bonchev–Trinajstić information content (AvgIpc) is 3.00. The molecule has 0 bridgehead atoms. The second-order valence-electron chi connectivity index (χ2n) is 8.31. The van der Waals surface area contributed by atoms with Gasteiger partial charge in [0.1, 0.15) is 17.5 Å². The van der Waals surface area contributed by atoms with Gasteiger partial charge in [0.25, 0.3) is 0 Å². The molecule has 1 aliphatic rings. The number of hydrogen-bond acceptors (Lipinski definition) is 5. The third-order valence-corrected chi connectivity index (χ3v) is 6.31. The van der Waals surface area contributed by atoms with Crippen LogP contribution < -0.4 is 15.5 Å². The lowest BCUT2D eigenvalue weighted by Crippen LogP contribution is -2.50. The van der Waals surface area contributed by atoms with Crippen molar-refractivity contribution in [2.45, 2.75) is 24.4 Å². The molecular formula is C27H28N4O2S. The molecule has 7 heteroatoms. The molecule has 0 spiro atoms. The SMILES string of the molecule is CC(NC(=O)C(S)c1ccccc1)C(=O)N[C@@H]1CN(C)c2ccccc2C(c2ccccc2)=N1. The largest absolute Gasteiger partial charge is 0.370 e. The summed E-state index contributed by atoms with van der Waals surface area (Å²) < 4.78 is 0. The smallest absolute Gasteiger partial charge is 0.243 e. The topological polar surface area (TPSA) is 73.8 Å². The van der Waals surface area contributed by atoms with Crippen LogP contribution in [0.4, 0.5) is 5.69 Å². The predicted molar refractivity (Wildman–Crippen MR) is 139 cm³/mol. The Kier molecular flexibility index (Phi) is 7.33. The number of carbonyl (C=O) groups is 2. The highest BCUT2D eigenvalue weighted by Gasteiger charge is 2.26. The quantitative estimate of drug-likeness (QED) is 0.480. The van der Waals surface area contributed by atoms with Crippen molar-refractivity contribution in [2.75, 3.05) is 18.5 Å². The zero-order valence-electron chi connectivity index (χ0n) is 19.2. The van der Waals surface area contributed by atoms with E-state index in [0.717, 1.165) is 28.1 Å². The summed E-state index contributed by atoms with van der Waals surface area (Å²) in [5.41, 5.74) is 4.63. The number of carbonyl (C=O) groups excluding carboxylic acids is 2. The highest BCUT2D eigenvalue weighted by atomic mass is 32.1. The molecule has 0 radical (unpaired) electrons. The van der Waals surface area contributed by atoms with Crippen LogP contribution in [0.3, 0.4) is 0 Å². The highest BCUT2D eigenvalue weighted by molar-refractivity contribution is 7.81. The number of aliphatic imine (C=N–C) groups is 1. The fraction of sp³-hybridized carbons (Fsp3) is 0.222. The second-order valence-corrected chi connectivity index (χ2v) is 8.83. The van der Waals surface area contributed by atoms with Crippen molar-refractivity contribution in [3.8, 4) is 0 Å². The van der Waals surface area contributed by atoms with Crippen LogP contribution in [0.15, 0.2) is 89.9 Å². The van der Waals surface area contributed by atoms with E-state index in [1.54, 1.807) is 6.92 Å². The van der Waals surface area contributed by atoms with Crippen LogP contribution in [0.25, 0.3) is 0 Å². The minimum atomic E-state index is -0.739. The number of likely N-dealkylation sites (N-methyl/N-ethyl adjacent to an activating group) is 1. The van der Waals surface area contributed by atoms with E-state index in [1.807, 2.05) is 85.9 Å². The number of fused-ring (bicyclic) bond motifs is 1.